The number of para-hydroxylation sites is 1. The third-order valence-electron chi connectivity index (χ3n) is 3.98. The first-order valence-corrected chi connectivity index (χ1v) is 7.74. The molecule has 23 heavy (non-hydrogen) atoms. The highest BCUT2D eigenvalue weighted by atomic mass is 19.3. The van der Waals surface area contributed by atoms with Gasteiger partial charge >= 0.3 is 6.61 Å². The summed E-state index contributed by atoms with van der Waals surface area (Å²) in [5.41, 5.74) is 0.388. The number of aliphatic hydroxyl groups excluding tert-OH is 1. The van der Waals surface area contributed by atoms with Crippen molar-refractivity contribution in [3.63, 3.8) is 0 Å². The number of ether oxygens (including phenoxy) is 1. The molecule has 126 valence electrons. The smallest absolute Gasteiger partial charge is 0.387 e. The Hall–Kier alpha value is -1.95. The summed E-state index contributed by atoms with van der Waals surface area (Å²) in [4.78, 5) is 11.8. The molecule has 0 aliphatic heterocycles. The second-order valence-electron chi connectivity index (χ2n) is 5.61. The van der Waals surface area contributed by atoms with Gasteiger partial charge in [0, 0.05) is 18.2 Å². The van der Waals surface area contributed by atoms with Crippen LogP contribution in [0.3, 0.4) is 0 Å². The van der Waals surface area contributed by atoms with Crippen LogP contribution >= 0.6 is 0 Å². The molecule has 0 radical (unpaired) electrons. The van der Waals surface area contributed by atoms with Gasteiger partial charge in [-0.15, -0.1) is 0 Å². The van der Waals surface area contributed by atoms with Crippen molar-refractivity contribution in [3.05, 3.63) is 35.9 Å². The minimum Gasteiger partial charge on any atom is -0.434 e. The lowest BCUT2D eigenvalue weighted by Crippen LogP contribution is -2.34. The Kier molecular flexibility index (Phi) is 6.52. The fourth-order valence-corrected chi connectivity index (χ4v) is 2.76. The van der Waals surface area contributed by atoms with Gasteiger partial charge in [-0.3, -0.25) is 4.79 Å². The molecule has 1 aliphatic rings. The zero-order valence-electron chi connectivity index (χ0n) is 12.8. The van der Waals surface area contributed by atoms with Crippen molar-refractivity contribution in [1.82, 2.24) is 5.32 Å². The van der Waals surface area contributed by atoms with E-state index >= 15 is 0 Å². The van der Waals surface area contributed by atoms with Crippen molar-refractivity contribution in [3.8, 4) is 5.75 Å². The van der Waals surface area contributed by atoms with Crippen LogP contribution in [0.2, 0.25) is 0 Å². The summed E-state index contributed by atoms with van der Waals surface area (Å²) in [5, 5.41) is 12.6. The molecule has 1 amide bonds. The largest absolute Gasteiger partial charge is 0.434 e. The third-order valence-corrected chi connectivity index (χ3v) is 3.98. The van der Waals surface area contributed by atoms with Crippen molar-refractivity contribution in [2.75, 3.05) is 6.54 Å². The Morgan fingerprint density at radius 1 is 1.35 bits per heavy atom. The Balaban J connectivity index is 1.86. The average molecular weight is 325 g/mol. The van der Waals surface area contributed by atoms with Gasteiger partial charge in [0.1, 0.15) is 5.75 Å². The monoisotopic (exact) mass is 325 g/mol. The van der Waals surface area contributed by atoms with Crippen LogP contribution in [0.1, 0.15) is 31.2 Å². The van der Waals surface area contributed by atoms with Gasteiger partial charge in [0.05, 0.1) is 6.10 Å². The van der Waals surface area contributed by atoms with Crippen LogP contribution in [-0.2, 0) is 4.79 Å². The molecule has 1 saturated carbocycles. The summed E-state index contributed by atoms with van der Waals surface area (Å²) in [6.45, 7) is -2.72. The van der Waals surface area contributed by atoms with Gasteiger partial charge in [-0.25, -0.2) is 0 Å². The van der Waals surface area contributed by atoms with E-state index in [2.05, 4.69) is 10.1 Å². The van der Waals surface area contributed by atoms with Crippen LogP contribution in [0.25, 0.3) is 6.08 Å². The highest BCUT2D eigenvalue weighted by Crippen LogP contribution is 2.27. The first-order valence-electron chi connectivity index (χ1n) is 7.74. The predicted octanol–water partition coefficient (Wildman–Crippen LogP) is 2.97. The van der Waals surface area contributed by atoms with E-state index in [0.717, 1.165) is 25.7 Å². The Morgan fingerprint density at radius 3 is 2.74 bits per heavy atom. The number of benzene rings is 1. The fraction of sp³-hybridized carbons (Fsp3) is 0.471. The molecule has 1 atom stereocenters. The zero-order valence-corrected chi connectivity index (χ0v) is 12.8. The van der Waals surface area contributed by atoms with E-state index < -0.39 is 12.7 Å². The minimum atomic E-state index is -2.92. The molecule has 4 nitrogen and oxygen atoms in total. The Labute approximate surface area is 134 Å². The maximum Gasteiger partial charge on any atom is 0.387 e. The number of hydrogen-bond donors (Lipinski definition) is 2. The first-order chi connectivity index (χ1) is 11.1. The number of carbonyl (C=O) groups excluding carboxylic acids is 1. The van der Waals surface area contributed by atoms with Gasteiger partial charge < -0.3 is 15.2 Å². The lowest BCUT2D eigenvalue weighted by Gasteiger charge is -2.17. The standard InChI is InChI=1S/C17H21F2NO3/c18-17(19)23-15-8-4-3-7-13(15)9-10-16(22)20-11-14(21)12-5-1-2-6-12/h3-4,7-10,12,14,17,21H,1-2,5-6,11H2,(H,20,22)/b10-9+. The molecule has 1 aromatic carbocycles. The molecule has 1 aliphatic carbocycles. The van der Waals surface area contributed by atoms with Gasteiger partial charge in [0.2, 0.25) is 5.91 Å². The highest BCUT2D eigenvalue weighted by molar-refractivity contribution is 5.92. The highest BCUT2D eigenvalue weighted by Gasteiger charge is 2.23. The maximum atomic E-state index is 12.3. The molecule has 0 bridgehead atoms. The van der Waals surface area contributed by atoms with Crippen LogP contribution in [0.4, 0.5) is 8.78 Å². The number of rotatable bonds is 7. The second-order valence-corrected chi connectivity index (χ2v) is 5.61. The van der Waals surface area contributed by atoms with Gasteiger partial charge in [-0.1, -0.05) is 31.0 Å². The summed E-state index contributed by atoms with van der Waals surface area (Å²) in [7, 11) is 0. The van der Waals surface area contributed by atoms with Crippen LogP contribution < -0.4 is 10.1 Å². The normalized spacial score (nSPS) is 16.9. The minimum absolute atomic E-state index is 0.0116. The van der Waals surface area contributed by atoms with Crippen molar-refractivity contribution in [2.24, 2.45) is 5.92 Å². The first kappa shape index (κ1) is 17.4. The van der Waals surface area contributed by atoms with Gasteiger partial charge in [-0.2, -0.15) is 8.78 Å². The molecule has 1 unspecified atom stereocenters. The van der Waals surface area contributed by atoms with Crippen molar-refractivity contribution in [1.29, 1.82) is 0 Å². The second kappa shape index (κ2) is 8.62. The SMILES string of the molecule is O=C(/C=C/c1ccccc1OC(F)F)NCC(O)C1CCCC1. The van der Waals surface area contributed by atoms with E-state index in [-0.39, 0.29) is 24.1 Å². The van der Waals surface area contributed by atoms with Gasteiger partial charge in [0.25, 0.3) is 0 Å². The molecule has 0 aromatic heterocycles. The van der Waals surface area contributed by atoms with Crippen LogP contribution in [-0.4, -0.2) is 30.3 Å². The summed E-state index contributed by atoms with van der Waals surface area (Å²) in [6, 6.07) is 6.23. The predicted molar refractivity (Wildman–Crippen MR) is 83.1 cm³/mol. The molecule has 2 N–H and O–H groups in total. The summed E-state index contributed by atoms with van der Waals surface area (Å²) < 4.78 is 29.0. The molecule has 1 aromatic rings. The summed E-state index contributed by atoms with van der Waals surface area (Å²) >= 11 is 0. The van der Waals surface area contributed by atoms with Crippen LogP contribution in [0.5, 0.6) is 5.75 Å². The Morgan fingerprint density at radius 2 is 2.04 bits per heavy atom. The maximum absolute atomic E-state index is 12.3. The van der Waals surface area contributed by atoms with E-state index in [1.165, 1.54) is 18.2 Å². The van der Waals surface area contributed by atoms with E-state index in [1.807, 2.05) is 0 Å². The average Bonchev–Trinajstić information content (AvgIpc) is 3.05. The number of amides is 1. The molecular formula is C17H21F2NO3. The summed E-state index contributed by atoms with van der Waals surface area (Å²) in [6.07, 6.45) is 6.34. The Bertz CT molecular complexity index is 542. The quantitative estimate of drug-likeness (QED) is 0.758. The lowest BCUT2D eigenvalue weighted by molar-refractivity contribution is -0.117. The molecular weight excluding hydrogens is 304 g/mol. The van der Waals surface area contributed by atoms with Crippen LogP contribution in [0.15, 0.2) is 30.3 Å². The topological polar surface area (TPSA) is 58.6 Å². The van der Waals surface area contributed by atoms with Crippen LogP contribution in [0, 0.1) is 5.92 Å². The summed E-state index contributed by atoms with van der Waals surface area (Å²) in [5.74, 6) is -0.120. The van der Waals surface area contributed by atoms with E-state index in [0.29, 0.717) is 5.56 Å². The molecule has 2 rings (SSSR count). The van der Waals surface area contributed by atoms with E-state index in [9.17, 15) is 18.7 Å². The van der Waals surface area contributed by atoms with Gasteiger partial charge in [-0.05, 0) is 30.9 Å². The van der Waals surface area contributed by atoms with E-state index in [1.54, 1.807) is 18.2 Å². The van der Waals surface area contributed by atoms with Crippen molar-refractivity contribution < 1.29 is 23.4 Å². The number of aliphatic hydroxyl groups is 1. The molecule has 0 spiro atoms. The molecule has 0 saturated heterocycles. The zero-order chi connectivity index (χ0) is 16.7. The number of halogens is 2. The molecule has 6 heteroatoms. The number of alkyl halides is 2. The van der Waals surface area contributed by atoms with E-state index in [4.69, 9.17) is 0 Å². The molecule has 0 heterocycles. The fourth-order valence-electron chi connectivity index (χ4n) is 2.76. The van der Waals surface area contributed by atoms with Gasteiger partial charge in [0.15, 0.2) is 0 Å². The number of hydrogen-bond acceptors (Lipinski definition) is 3. The van der Waals surface area contributed by atoms with Crippen molar-refractivity contribution in [2.45, 2.75) is 38.4 Å². The number of nitrogens with one attached hydrogen (secondary N) is 1. The van der Waals surface area contributed by atoms with Crippen molar-refractivity contribution >= 4 is 12.0 Å². The third kappa shape index (κ3) is 5.63. The number of carbonyl (C=O) groups is 1. The molecule has 1 fully saturated rings. The lowest BCUT2D eigenvalue weighted by atomic mass is 10.0.